The molecule has 5 atom stereocenters. The van der Waals surface area contributed by atoms with Crippen LogP contribution < -0.4 is 0 Å². The molecule has 0 nitrogen and oxygen atoms in total. The van der Waals surface area contributed by atoms with Gasteiger partial charge < -0.3 is 0 Å². The first-order valence-corrected chi connectivity index (χ1v) is 13.6. The molecule has 0 spiro atoms. The van der Waals surface area contributed by atoms with Gasteiger partial charge >= 0.3 is 0 Å². The minimum atomic E-state index is -2.36. The molecular weight excluding hydrogens is 700 g/mol. The van der Waals surface area contributed by atoms with Gasteiger partial charge in [0.2, 0.25) is 0 Å². The molecule has 0 aromatic heterocycles. The van der Waals surface area contributed by atoms with Crippen molar-refractivity contribution in [1.29, 1.82) is 0 Å². The molecule has 0 heterocycles. The fraction of sp³-hybridized carbons (Fsp3) is 1.00. The highest BCUT2D eigenvalue weighted by Crippen LogP contribution is 2.62. The van der Waals surface area contributed by atoms with Crippen LogP contribution in [0.1, 0.15) is 26.7 Å². The second-order valence-electron chi connectivity index (χ2n) is 6.50. The van der Waals surface area contributed by atoms with Crippen LogP contribution in [0.3, 0.4) is 0 Å². The molecule has 0 fully saturated rings. The van der Waals surface area contributed by atoms with E-state index in [1.807, 2.05) is 0 Å². The molecule has 0 aromatic rings. The summed E-state index contributed by atoms with van der Waals surface area (Å²) in [5, 5.41) is -4.54. The van der Waals surface area contributed by atoms with E-state index in [2.05, 4.69) is 0 Å². The summed E-state index contributed by atoms with van der Waals surface area (Å²) in [4.78, 5) is 0. The van der Waals surface area contributed by atoms with Gasteiger partial charge in [0.15, 0.2) is 13.0 Å². The second kappa shape index (κ2) is 12.1. The molecule has 0 aliphatic rings. The van der Waals surface area contributed by atoms with Gasteiger partial charge in [-0.3, -0.25) is 0 Å². The molecule has 176 valence electrons. The van der Waals surface area contributed by atoms with E-state index in [9.17, 15) is 0 Å². The Balaban J connectivity index is 5.75. The molecule has 0 aromatic carbocycles. The number of hydrogen-bond acceptors (Lipinski definition) is 0. The summed E-state index contributed by atoms with van der Waals surface area (Å²) in [6.45, 7) is 3.07. The molecule has 29 heavy (non-hydrogen) atoms. The van der Waals surface area contributed by atoms with E-state index >= 15 is 0 Å². The van der Waals surface area contributed by atoms with Crippen molar-refractivity contribution in [1.82, 2.24) is 0 Å². The topological polar surface area (TPSA) is 0 Å². The Labute approximate surface area is 246 Å². The van der Waals surface area contributed by atoms with E-state index < -0.39 is 48.6 Å². The van der Waals surface area contributed by atoms with Crippen molar-refractivity contribution >= 4 is 174 Å². The SMILES string of the molecule is CC(Cl)C(Cl)C(Cl)CC(Cl)(Cl)C(Cl)C(Cl)(Cl)C(Cl)(Cl)C(Cl)(Cl)CC(Cl)C(C)(Cl)Cl. The molecule has 0 bridgehead atoms. The van der Waals surface area contributed by atoms with Crippen molar-refractivity contribution in [3.63, 3.8) is 0 Å². The Kier molecular flexibility index (Phi) is 13.9. The van der Waals surface area contributed by atoms with Crippen LogP contribution >= 0.6 is 174 Å². The van der Waals surface area contributed by atoms with Crippen LogP contribution in [0.4, 0.5) is 0 Å². The van der Waals surface area contributed by atoms with Gasteiger partial charge in [0, 0.05) is 11.8 Å². The van der Waals surface area contributed by atoms with Crippen molar-refractivity contribution in [2.45, 2.75) is 75.2 Å². The van der Waals surface area contributed by atoms with Gasteiger partial charge in [0.25, 0.3) is 0 Å². The molecule has 0 saturated heterocycles. The van der Waals surface area contributed by atoms with Crippen molar-refractivity contribution in [3.05, 3.63) is 0 Å². The van der Waals surface area contributed by atoms with Crippen LogP contribution in [-0.2, 0) is 0 Å². The molecule has 0 saturated carbocycles. The maximum absolute atomic E-state index is 6.39. The second-order valence-corrected chi connectivity index (χ2v) is 16.7. The summed E-state index contributed by atoms with van der Waals surface area (Å²) in [6, 6.07) is 0. The minimum Gasteiger partial charge on any atom is -0.122 e. The van der Waals surface area contributed by atoms with Gasteiger partial charge in [0.1, 0.15) is 14.0 Å². The average Bonchev–Trinajstić information content (AvgIpc) is 2.50. The molecule has 0 aliphatic carbocycles. The highest BCUT2D eigenvalue weighted by molar-refractivity contribution is 6.72. The standard InChI is InChI=1S/C14H15Cl15/c1-5(15)8(18)6(16)3-11(22,23)9(19)13(26,27)14(28,29)12(24,25)4-7(17)10(2,20)21/h5-9H,3-4H2,1-2H3. The zero-order chi connectivity index (χ0) is 23.8. The monoisotopic (exact) mass is 708 g/mol. The first-order chi connectivity index (χ1) is 12.5. The van der Waals surface area contributed by atoms with E-state index in [0.717, 1.165) is 0 Å². The summed E-state index contributed by atoms with van der Waals surface area (Å²) < 4.78 is -10.1. The molecule has 0 N–H and O–H groups in total. The zero-order valence-electron chi connectivity index (χ0n) is 14.5. The minimum absolute atomic E-state index is 0.181. The third-order valence-corrected chi connectivity index (χ3v) is 12.6. The van der Waals surface area contributed by atoms with Crippen LogP contribution in [-0.4, -0.2) is 48.6 Å². The van der Waals surface area contributed by atoms with Gasteiger partial charge in [-0.25, -0.2) is 0 Å². The average molecular weight is 715 g/mol. The summed E-state index contributed by atoms with van der Waals surface area (Å²) in [7, 11) is 0. The Hall–Kier alpha value is 4.35. The summed E-state index contributed by atoms with van der Waals surface area (Å²) >= 11 is 93.6. The van der Waals surface area contributed by atoms with E-state index in [1.165, 1.54) is 6.92 Å². The summed E-state index contributed by atoms with van der Waals surface area (Å²) in [6.07, 6.45) is -0.512. The van der Waals surface area contributed by atoms with Crippen LogP contribution in [0.2, 0.25) is 0 Å². The van der Waals surface area contributed by atoms with Gasteiger partial charge in [-0.05, 0) is 20.3 Å². The molecule has 5 unspecified atom stereocenters. The summed E-state index contributed by atoms with van der Waals surface area (Å²) in [5.74, 6) is 0. The van der Waals surface area contributed by atoms with Gasteiger partial charge in [-0.2, -0.15) is 0 Å². The lowest BCUT2D eigenvalue weighted by molar-refractivity contribution is 0.478. The quantitative estimate of drug-likeness (QED) is 0.187. The normalized spacial score (nSPS) is 20.2. The number of rotatable bonds is 11. The predicted molar refractivity (Wildman–Crippen MR) is 141 cm³/mol. The highest BCUT2D eigenvalue weighted by atomic mass is 35.6. The Bertz CT molecular complexity index is 524. The van der Waals surface area contributed by atoms with Crippen molar-refractivity contribution in [3.8, 4) is 0 Å². The number of alkyl halides is 15. The fourth-order valence-electron chi connectivity index (χ4n) is 1.96. The van der Waals surface area contributed by atoms with Crippen molar-refractivity contribution < 1.29 is 0 Å². The van der Waals surface area contributed by atoms with E-state index in [1.54, 1.807) is 6.92 Å². The number of halogens is 15. The predicted octanol–water partition coefficient (Wildman–Crippen LogP) is 10.7. The smallest absolute Gasteiger partial charge is 0.122 e. The van der Waals surface area contributed by atoms with Crippen molar-refractivity contribution in [2.24, 2.45) is 0 Å². The van der Waals surface area contributed by atoms with Gasteiger partial charge in [-0.15, -0.1) is 81.2 Å². The van der Waals surface area contributed by atoms with Crippen LogP contribution in [0, 0.1) is 0 Å². The third kappa shape index (κ3) is 8.75. The van der Waals surface area contributed by atoms with Crippen LogP contribution in [0.15, 0.2) is 0 Å². The van der Waals surface area contributed by atoms with E-state index in [-0.39, 0.29) is 12.8 Å². The van der Waals surface area contributed by atoms with E-state index in [4.69, 9.17) is 174 Å². The Morgan fingerprint density at radius 1 is 0.690 bits per heavy atom. The molecular formula is C14H15Cl15. The lowest BCUT2D eigenvalue weighted by atomic mass is 10.0. The maximum atomic E-state index is 6.39. The maximum Gasteiger partial charge on any atom is 0.185 e. The molecule has 0 radical (unpaired) electrons. The molecule has 0 amide bonds. The lowest BCUT2D eigenvalue weighted by Crippen LogP contribution is -2.59. The molecule has 15 heteroatoms. The number of hydrogen-bond donors (Lipinski definition) is 0. The van der Waals surface area contributed by atoms with Gasteiger partial charge in [0.05, 0.1) is 16.1 Å². The molecule has 0 aliphatic heterocycles. The first kappa shape index (κ1) is 33.4. The fourth-order valence-corrected chi connectivity index (χ4v) is 6.58. The largest absolute Gasteiger partial charge is 0.185 e. The van der Waals surface area contributed by atoms with Crippen LogP contribution in [0.25, 0.3) is 0 Å². The van der Waals surface area contributed by atoms with Gasteiger partial charge in [-0.1, -0.05) is 92.8 Å². The zero-order valence-corrected chi connectivity index (χ0v) is 25.8. The summed E-state index contributed by atoms with van der Waals surface area (Å²) in [5.41, 5.74) is 0. The highest BCUT2D eigenvalue weighted by Gasteiger charge is 2.67. The third-order valence-electron chi connectivity index (χ3n) is 3.80. The Morgan fingerprint density at radius 3 is 1.45 bits per heavy atom. The first-order valence-electron chi connectivity index (χ1n) is 7.61. The van der Waals surface area contributed by atoms with E-state index in [0.29, 0.717) is 0 Å². The Morgan fingerprint density at radius 2 is 1.10 bits per heavy atom. The lowest BCUT2D eigenvalue weighted by Gasteiger charge is -2.46. The van der Waals surface area contributed by atoms with Crippen LogP contribution in [0.5, 0.6) is 0 Å². The molecule has 0 rings (SSSR count). The van der Waals surface area contributed by atoms with Crippen molar-refractivity contribution in [2.75, 3.05) is 0 Å².